The van der Waals surface area contributed by atoms with Crippen molar-refractivity contribution in [3.63, 3.8) is 0 Å². The molecule has 2 rings (SSSR count). The van der Waals surface area contributed by atoms with Gasteiger partial charge in [0.05, 0.1) is 12.1 Å². The van der Waals surface area contributed by atoms with Gasteiger partial charge in [0.1, 0.15) is 12.4 Å². The lowest BCUT2D eigenvalue weighted by Crippen LogP contribution is -2.27. The second-order valence-electron chi connectivity index (χ2n) is 3.07. The lowest BCUT2D eigenvalue weighted by molar-refractivity contribution is 0.0797. The molecule has 0 aliphatic carbocycles. The van der Waals surface area contributed by atoms with Crippen molar-refractivity contribution >= 4 is 5.91 Å². The third kappa shape index (κ3) is 1.37. The Bertz CT molecular complexity index is 335. The Balaban J connectivity index is 2.46. The van der Waals surface area contributed by atoms with Crippen molar-refractivity contribution in [1.29, 1.82) is 0 Å². The largest absolute Gasteiger partial charge is 0.491 e. The minimum atomic E-state index is 0.0353. The van der Waals surface area contributed by atoms with Gasteiger partial charge in [-0.3, -0.25) is 4.79 Å². The van der Waals surface area contributed by atoms with Gasteiger partial charge in [0.2, 0.25) is 0 Å². The molecule has 0 saturated carbocycles. The summed E-state index contributed by atoms with van der Waals surface area (Å²) >= 11 is 0. The summed E-state index contributed by atoms with van der Waals surface area (Å²) in [6.45, 7) is 1.22. The molecule has 0 radical (unpaired) electrons. The zero-order valence-corrected chi connectivity index (χ0v) is 7.49. The van der Waals surface area contributed by atoms with E-state index in [4.69, 9.17) is 4.74 Å². The minimum absolute atomic E-state index is 0.0353. The quantitative estimate of drug-likeness (QED) is 0.595. The Hall–Kier alpha value is -1.51. The topological polar surface area (TPSA) is 29.5 Å². The highest BCUT2D eigenvalue weighted by Gasteiger charge is 2.19. The van der Waals surface area contributed by atoms with Crippen LogP contribution in [-0.2, 0) is 0 Å². The van der Waals surface area contributed by atoms with Gasteiger partial charge in [-0.2, -0.15) is 0 Å². The van der Waals surface area contributed by atoms with Crippen molar-refractivity contribution in [1.82, 2.24) is 4.90 Å². The molecule has 1 aromatic rings. The van der Waals surface area contributed by atoms with Crippen LogP contribution in [0.25, 0.3) is 0 Å². The van der Waals surface area contributed by atoms with E-state index >= 15 is 0 Å². The molecule has 0 bridgehead atoms. The van der Waals surface area contributed by atoms with Gasteiger partial charge in [0.25, 0.3) is 5.91 Å². The Kier molecular flexibility index (Phi) is 1.93. The third-order valence-corrected chi connectivity index (χ3v) is 2.15. The Morgan fingerprint density at radius 3 is 3.00 bits per heavy atom. The molecule has 0 aromatic heterocycles. The van der Waals surface area contributed by atoms with Crippen LogP contribution in [0, 0.1) is 0 Å². The van der Waals surface area contributed by atoms with Gasteiger partial charge < -0.3 is 9.64 Å². The number of hydrogen-bond donors (Lipinski definition) is 0. The third-order valence-electron chi connectivity index (χ3n) is 2.15. The number of carbonyl (C=O) groups excluding carboxylic acids is 1. The highest BCUT2D eigenvalue weighted by atomic mass is 16.5. The highest BCUT2D eigenvalue weighted by molar-refractivity contribution is 5.97. The summed E-state index contributed by atoms with van der Waals surface area (Å²) in [7, 11) is 1.79. The van der Waals surface area contributed by atoms with E-state index in [0.717, 1.165) is 0 Å². The summed E-state index contributed by atoms with van der Waals surface area (Å²) in [4.78, 5) is 13.4. The molecule has 1 aliphatic heterocycles. The molecule has 68 valence electrons. The number of carbonyl (C=O) groups is 1. The van der Waals surface area contributed by atoms with Crippen LogP contribution < -0.4 is 4.74 Å². The van der Waals surface area contributed by atoms with Crippen molar-refractivity contribution in [2.45, 2.75) is 0 Å². The summed E-state index contributed by atoms with van der Waals surface area (Å²) in [6, 6.07) is 7.34. The van der Waals surface area contributed by atoms with Crippen LogP contribution in [0.4, 0.5) is 0 Å². The van der Waals surface area contributed by atoms with Gasteiger partial charge in [0.15, 0.2) is 0 Å². The van der Waals surface area contributed by atoms with Crippen LogP contribution >= 0.6 is 0 Å². The predicted octanol–water partition coefficient (Wildman–Crippen LogP) is 1.15. The predicted molar refractivity (Wildman–Crippen MR) is 48.9 cm³/mol. The molecule has 0 saturated heterocycles. The normalized spacial score (nSPS) is 16.1. The molecule has 3 heteroatoms. The molecular weight excluding hydrogens is 166 g/mol. The number of hydrogen-bond acceptors (Lipinski definition) is 2. The van der Waals surface area contributed by atoms with Gasteiger partial charge in [-0.25, -0.2) is 0 Å². The number of rotatable bonds is 0. The first-order valence-corrected chi connectivity index (χ1v) is 4.26. The SMILES string of the molecule is CN1CCOc2ccccc2C1=O. The molecule has 0 unspecified atom stereocenters. The number of likely N-dealkylation sites (N-methyl/N-ethyl adjacent to an activating group) is 1. The Labute approximate surface area is 76.9 Å². The van der Waals surface area contributed by atoms with Crippen LogP contribution in [0.2, 0.25) is 0 Å². The molecule has 13 heavy (non-hydrogen) atoms. The molecule has 0 spiro atoms. The number of ether oxygens (including phenoxy) is 1. The zero-order chi connectivity index (χ0) is 9.26. The number of amides is 1. The maximum atomic E-state index is 11.7. The number of nitrogens with zero attached hydrogens (tertiary/aromatic N) is 1. The monoisotopic (exact) mass is 177 g/mol. The van der Waals surface area contributed by atoms with E-state index in [1.54, 1.807) is 18.0 Å². The van der Waals surface area contributed by atoms with Crippen molar-refractivity contribution in [3.8, 4) is 5.75 Å². The molecule has 1 amide bonds. The molecule has 0 atom stereocenters. The van der Waals surface area contributed by atoms with Gasteiger partial charge in [-0.1, -0.05) is 12.1 Å². The molecular formula is C10H11NO2. The summed E-state index contributed by atoms with van der Waals surface area (Å²) in [5, 5.41) is 0. The molecule has 1 heterocycles. The number of benzene rings is 1. The van der Waals surface area contributed by atoms with Crippen LogP contribution in [0.5, 0.6) is 5.75 Å². The van der Waals surface area contributed by atoms with Gasteiger partial charge >= 0.3 is 0 Å². The van der Waals surface area contributed by atoms with Crippen LogP contribution in [0.3, 0.4) is 0 Å². The van der Waals surface area contributed by atoms with Crippen LogP contribution in [0.15, 0.2) is 24.3 Å². The second-order valence-corrected chi connectivity index (χ2v) is 3.07. The first-order chi connectivity index (χ1) is 6.29. The molecule has 1 aliphatic rings. The maximum absolute atomic E-state index is 11.7. The number of fused-ring (bicyclic) bond motifs is 1. The standard InChI is InChI=1S/C10H11NO2/c1-11-6-7-13-9-5-3-2-4-8(9)10(11)12/h2-5H,6-7H2,1H3. The van der Waals surface area contributed by atoms with Crippen molar-refractivity contribution in [2.75, 3.05) is 20.2 Å². The smallest absolute Gasteiger partial charge is 0.257 e. The lowest BCUT2D eigenvalue weighted by atomic mass is 10.2. The fourth-order valence-corrected chi connectivity index (χ4v) is 1.37. The van der Waals surface area contributed by atoms with Gasteiger partial charge in [-0.05, 0) is 12.1 Å². The molecule has 0 fully saturated rings. The first kappa shape index (κ1) is 8.10. The van der Waals surface area contributed by atoms with E-state index in [-0.39, 0.29) is 5.91 Å². The van der Waals surface area contributed by atoms with Crippen LogP contribution in [0.1, 0.15) is 10.4 Å². The summed E-state index contributed by atoms with van der Waals surface area (Å²) in [5.41, 5.74) is 0.655. The molecule has 1 aromatic carbocycles. The van der Waals surface area contributed by atoms with E-state index < -0.39 is 0 Å². The van der Waals surface area contributed by atoms with E-state index in [1.807, 2.05) is 18.2 Å². The van der Waals surface area contributed by atoms with E-state index in [1.165, 1.54) is 0 Å². The summed E-state index contributed by atoms with van der Waals surface area (Å²) < 4.78 is 5.43. The Morgan fingerprint density at radius 2 is 2.15 bits per heavy atom. The average molecular weight is 177 g/mol. The summed E-state index contributed by atoms with van der Waals surface area (Å²) in [6.07, 6.45) is 0. The van der Waals surface area contributed by atoms with Gasteiger partial charge in [-0.15, -0.1) is 0 Å². The lowest BCUT2D eigenvalue weighted by Gasteiger charge is -2.11. The zero-order valence-electron chi connectivity index (χ0n) is 7.49. The fourth-order valence-electron chi connectivity index (χ4n) is 1.37. The first-order valence-electron chi connectivity index (χ1n) is 4.26. The van der Waals surface area contributed by atoms with Crippen molar-refractivity contribution in [3.05, 3.63) is 29.8 Å². The van der Waals surface area contributed by atoms with E-state index in [0.29, 0.717) is 24.5 Å². The Morgan fingerprint density at radius 1 is 1.38 bits per heavy atom. The van der Waals surface area contributed by atoms with Crippen molar-refractivity contribution in [2.24, 2.45) is 0 Å². The van der Waals surface area contributed by atoms with Gasteiger partial charge in [0, 0.05) is 7.05 Å². The molecule has 3 nitrogen and oxygen atoms in total. The average Bonchev–Trinajstić information content (AvgIpc) is 2.29. The second kappa shape index (κ2) is 3.09. The highest BCUT2D eigenvalue weighted by Crippen LogP contribution is 2.21. The maximum Gasteiger partial charge on any atom is 0.257 e. The summed E-state index contributed by atoms with van der Waals surface area (Å²) in [5.74, 6) is 0.727. The van der Waals surface area contributed by atoms with Crippen molar-refractivity contribution < 1.29 is 9.53 Å². The fraction of sp³-hybridized carbons (Fsp3) is 0.300. The number of para-hydroxylation sites is 1. The minimum Gasteiger partial charge on any atom is -0.491 e. The van der Waals surface area contributed by atoms with Crippen LogP contribution in [-0.4, -0.2) is 31.0 Å². The van der Waals surface area contributed by atoms with E-state index in [2.05, 4.69) is 0 Å². The van der Waals surface area contributed by atoms with E-state index in [9.17, 15) is 4.79 Å². The molecule has 0 N–H and O–H groups in total.